The van der Waals surface area contributed by atoms with Gasteiger partial charge in [0.15, 0.2) is 0 Å². The van der Waals surface area contributed by atoms with Crippen LogP contribution in [0.15, 0.2) is 72.8 Å². The summed E-state index contributed by atoms with van der Waals surface area (Å²) in [4.78, 5) is 13.4. The first kappa shape index (κ1) is 17.4. The van der Waals surface area contributed by atoms with Crippen LogP contribution >= 0.6 is 7.14 Å². The molecule has 0 saturated heterocycles. The highest BCUT2D eigenvalue weighted by Gasteiger charge is 2.38. The number of aryl methyl sites for hydroxylation is 3. The number of hydrogen-bond acceptors (Lipinski definition) is 2. The Morgan fingerprint density at radius 1 is 0.720 bits per heavy atom. The van der Waals surface area contributed by atoms with Crippen LogP contribution in [0.4, 0.5) is 0 Å². The average Bonchev–Trinajstić information content (AvgIpc) is 2.61. The van der Waals surface area contributed by atoms with Gasteiger partial charge in [-0.2, -0.15) is 0 Å². The quantitative estimate of drug-likeness (QED) is 0.637. The van der Waals surface area contributed by atoms with Gasteiger partial charge < -0.3 is 4.57 Å². The van der Waals surface area contributed by atoms with Gasteiger partial charge in [-0.3, -0.25) is 4.79 Å². The van der Waals surface area contributed by atoms with Crippen LogP contribution in [0, 0.1) is 20.8 Å². The third-order valence-corrected chi connectivity index (χ3v) is 7.64. The summed E-state index contributed by atoms with van der Waals surface area (Å²) in [6.07, 6.45) is 0. The van der Waals surface area contributed by atoms with Gasteiger partial charge in [0.25, 0.3) is 0 Å². The van der Waals surface area contributed by atoms with Crippen LogP contribution in [0.25, 0.3) is 0 Å². The van der Waals surface area contributed by atoms with E-state index < -0.39 is 7.14 Å². The summed E-state index contributed by atoms with van der Waals surface area (Å²) in [5.41, 5.74) is 3.01. The van der Waals surface area contributed by atoms with E-state index >= 15 is 0 Å². The molecule has 0 fully saturated rings. The Hall–Kier alpha value is -2.44. The molecule has 0 aromatic heterocycles. The average molecular weight is 348 g/mol. The molecule has 0 saturated carbocycles. The van der Waals surface area contributed by atoms with Crippen molar-refractivity contribution in [3.8, 4) is 0 Å². The zero-order valence-electron chi connectivity index (χ0n) is 14.7. The van der Waals surface area contributed by atoms with Gasteiger partial charge >= 0.3 is 0 Å². The molecule has 0 heterocycles. The second kappa shape index (κ2) is 6.82. The van der Waals surface area contributed by atoms with Gasteiger partial charge in [0, 0.05) is 16.2 Å². The van der Waals surface area contributed by atoms with Crippen LogP contribution in [-0.4, -0.2) is 5.52 Å². The maximum atomic E-state index is 14.3. The van der Waals surface area contributed by atoms with Gasteiger partial charge in [-0.1, -0.05) is 78.4 Å². The minimum Gasteiger partial charge on any atom is -0.305 e. The summed E-state index contributed by atoms with van der Waals surface area (Å²) >= 11 is 0. The number of carbonyl (C=O) groups is 1. The molecule has 3 aromatic rings. The Balaban J connectivity index is 2.31. The van der Waals surface area contributed by atoms with E-state index in [2.05, 4.69) is 0 Å². The third kappa shape index (κ3) is 3.10. The molecule has 25 heavy (non-hydrogen) atoms. The predicted octanol–water partition coefficient (Wildman–Crippen LogP) is 4.77. The zero-order chi connectivity index (χ0) is 18.0. The lowest BCUT2D eigenvalue weighted by Crippen LogP contribution is -2.26. The third-order valence-electron chi connectivity index (χ3n) is 4.45. The second-order valence-electron chi connectivity index (χ2n) is 6.36. The minimum absolute atomic E-state index is 0.311. The Morgan fingerprint density at radius 2 is 1.32 bits per heavy atom. The first-order chi connectivity index (χ1) is 11.9. The lowest BCUT2D eigenvalue weighted by molar-refractivity contribution is 0.107. The number of carbonyl (C=O) groups excluding carboxylic acids is 1. The molecule has 3 aromatic carbocycles. The first-order valence-corrected chi connectivity index (χ1v) is 9.99. The lowest BCUT2D eigenvalue weighted by atomic mass is 10.2. The topological polar surface area (TPSA) is 34.1 Å². The van der Waals surface area contributed by atoms with E-state index in [1.807, 2.05) is 69.3 Å². The van der Waals surface area contributed by atoms with E-state index in [1.54, 1.807) is 24.3 Å². The molecule has 0 aliphatic carbocycles. The van der Waals surface area contributed by atoms with Crippen molar-refractivity contribution in [2.24, 2.45) is 0 Å². The van der Waals surface area contributed by atoms with Crippen LogP contribution < -0.4 is 10.6 Å². The monoisotopic (exact) mass is 348 g/mol. The molecule has 1 atom stereocenters. The number of benzene rings is 3. The molecule has 126 valence electrons. The molecule has 2 nitrogen and oxygen atoms in total. The van der Waals surface area contributed by atoms with Crippen molar-refractivity contribution in [1.29, 1.82) is 0 Å². The van der Waals surface area contributed by atoms with E-state index in [1.165, 1.54) is 0 Å². The van der Waals surface area contributed by atoms with E-state index in [4.69, 9.17) is 0 Å². The fourth-order valence-electron chi connectivity index (χ4n) is 3.19. The van der Waals surface area contributed by atoms with Gasteiger partial charge in [0.05, 0.1) is 0 Å². The van der Waals surface area contributed by atoms with Crippen molar-refractivity contribution in [2.45, 2.75) is 20.8 Å². The maximum Gasteiger partial charge on any atom is 0.230 e. The van der Waals surface area contributed by atoms with E-state index in [9.17, 15) is 9.36 Å². The highest BCUT2D eigenvalue weighted by atomic mass is 31.2. The highest BCUT2D eigenvalue weighted by molar-refractivity contribution is 7.93. The molecule has 0 bridgehead atoms. The number of rotatable bonds is 4. The van der Waals surface area contributed by atoms with Gasteiger partial charge in [-0.05, 0) is 31.9 Å². The van der Waals surface area contributed by atoms with Crippen molar-refractivity contribution in [3.05, 3.63) is 95.1 Å². The predicted molar refractivity (Wildman–Crippen MR) is 105 cm³/mol. The number of hydrogen-bond donors (Lipinski definition) is 0. The van der Waals surface area contributed by atoms with Crippen molar-refractivity contribution >= 4 is 23.3 Å². The zero-order valence-corrected chi connectivity index (χ0v) is 15.6. The fraction of sp³-hybridized carbons (Fsp3) is 0.136. The standard InChI is InChI=1S/C22H21O2P/c1-16-13-14-21(18(3)15-16)25(24,20-12-8-7-9-17(20)2)22(23)19-10-5-4-6-11-19/h4-15H,1-3H3. The molecule has 0 aliphatic rings. The summed E-state index contributed by atoms with van der Waals surface area (Å²) in [6.45, 7) is 5.82. The molecule has 3 heteroatoms. The molecule has 1 unspecified atom stereocenters. The molecule has 0 spiro atoms. The van der Waals surface area contributed by atoms with Crippen LogP contribution in [0.1, 0.15) is 27.0 Å². The fourth-order valence-corrected chi connectivity index (χ4v) is 6.11. The Morgan fingerprint density at radius 3 is 1.96 bits per heavy atom. The molecule has 0 N–H and O–H groups in total. The van der Waals surface area contributed by atoms with Crippen molar-refractivity contribution in [1.82, 2.24) is 0 Å². The first-order valence-electron chi connectivity index (χ1n) is 8.28. The summed E-state index contributed by atoms with van der Waals surface area (Å²) in [6, 6.07) is 22.1. The van der Waals surface area contributed by atoms with Crippen LogP contribution in [0.5, 0.6) is 0 Å². The van der Waals surface area contributed by atoms with Gasteiger partial charge in [-0.15, -0.1) is 0 Å². The largest absolute Gasteiger partial charge is 0.305 e. The molecular weight excluding hydrogens is 327 g/mol. The molecule has 3 rings (SSSR count). The van der Waals surface area contributed by atoms with Gasteiger partial charge in [0.1, 0.15) is 0 Å². The summed E-state index contributed by atoms with van der Waals surface area (Å²) in [5.74, 6) is 0. The van der Waals surface area contributed by atoms with E-state index in [0.717, 1.165) is 16.7 Å². The molecule has 0 radical (unpaired) electrons. The SMILES string of the molecule is Cc1ccc(P(=O)(C(=O)c2ccccc2)c2ccccc2C)c(C)c1. The van der Waals surface area contributed by atoms with Crippen molar-refractivity contribution in [2.75, 3.05) is 0 Å². The normalized spacial score (nSPS) is 13.2. The van der Waals surface area contributed by atoms with Gasteiger partial charge in [0.2, 0.25) is 12.7 Å². The van der Waals surface area contributed by atoms with E-state index in [-0.39, 0.29) is 5.52 Å². The minimum atomic E-state index is -3.47. The van der Waals surface area contributed by atoms with Crippen LogP contribution in [-0.2, 0) is 4.57 Å². The summed E-state index contributed by atoms with van der Waals surface area (Å²) in [7, 11) is -3.47. The molecule has 0 amide bonds. The second-order valence-corrected chi connectivity index (χ2v) is 8.95. The Labute approximate surface area is 148 Å². The Kier molecular flexibility index (Phi) is 4.74. The Bertz CT molecular complexity index is 974. The lowest BCUT2D eigenvalue weighted by Gasteiger charge is -2.22. The summed E-state index contributed by atoms with van der Waals surface area (Å²) < 4.78 is 14.3. The molecular formula is C22H21O2P. The van der Waals surface area contributed by atoms with Crippen molar-refractivity contribution in [3.63, 3.8) is 0 Å². The smallest absolute Gasteiger partial charge is 0.230 e. The maximum absolute atomic E-state index is 14.3. The highest BCUT2D eigenvalue weighted by Crippen LogP contribution is 2.48. The van der Waals surface area contributed by atoms with Crippen LogP contribution in [0.2, 0.25) is 0 Å². The molecule has 0 aliphatic heterocycles. The summed E-state index contributed by atoms with van der Waals surface area (Å²) in [5, 5.41) is 1.25. The van der Waals surface area contributed by atoms with Crippen molar-refractivity contribution < 1.29 is 9.36 Å². The van der Waals surface area contributed by atoms with E-state index in [0.29, 0.717) is 16.2 Å². The van der Waals surface area contributed by atoms with Gasteiger partial charge in [-0.25, -0.2) is 0 Å². The van der Waals surface area contributed by atoms with Crippen LogP contribution in [0.3, 0.4) is 0 Å².